The Kier molecular flexibility index (Phi) is 5.98. The molecule has 0 radical (unpaired) electrons. The maximum atomic E-state index is 13.1. The van der Waals surface area contributed by atoms with Crippen LogP contribution in [-0.2, 0) is 16.1 Å². The van der Waals surface area contributed by atoms with Gasteiger partial charge in [-0.3, -0.25) is 19.6 Å². The Balaban J connectivity index is 1.83. The second-order valence-electron chi connectivity index (χ2n) is 7.46. The third-order valence-electron chi connectivity index (χ3n) is 5.33. The molecule has 1 aliphatic heterocycles. The van der Waals surface area contributed by atoms with Gasteiger partial charge in [0.1, 0.15) is 17.6 Å². The van der Waals surface area contributed by atoms with Crippen LogP contribution in [0.1, 0.15) is 35.3 Å². The first kappa shape index (κ1) is 21.2. The molecular formula is C25H23N3O4. The summed E-state index contributed by atoms with van der Waals surface area (Å²) in [4.78, 5) is 36.0. The smallest absolute Gasteiger partial charge is 0.296 e. The third kappa shape index (κ3) is 3.97. The Bertz CT molecular complexity index is 1180. The van der Waals surface area contributed by atoms with Crippen molar-refractivity contribution in [2.75, 3.05) is 6.61 Å². The summed E-state index contributed by atoms with van der Waals surface area (Å²) in [6, 6.07) is 13.2. The third-order valence-corrected chi connectivity index (χ3v) is 5.33. The Labute approximate surface area is 186 Å². The summed E-state index contributed by atoms with van der Waals surface area (Å²) in [7, 11) is 0. The molecule has 32 heavy (non-hydrogen) atoms. The van der Waals surface area contributed by atoms with Gasteiger partial charge >= 0.3 is 0 Å². The summed E-state index contributed by atoms with van der Waals surface area (Å²) >= 11 is 0. The molecule has 162 valence electrons. The van der Waals surface area contributed by atoms with E-state index in [-0.39, 0.29) is 17.9 Å². The molecule has 1 amide bonds. The Morgan fingerprint density at radius 2 is 1.97 bits per heavy atom. The predicted molar refractivity (Wildman–Crippen MR) is 119 cm³/mol. The van der Waals surface area contributed by atoms with Crippen LogP contribution in [-0.4, -0.2) is 38.3 Å². The minimum Gasteiger partial charge on any atom is -0.507 e. The van der Waals surface area contributed by atoms with E-state index >= 15 is 0 Å². The monoisotopic (exact) mass is 429 g/mol. The van der Waals surface area contributed by atoms with E-state index in [0.29, 0.717) is 23.6 Å². The Morgan fingerprint density at radius 3 is 2.62 bits per heavy atom. The molecule has 7 heteroatoms. The maximum absolute atomic E-state index is 13.1. The maximum Gasteiger partial charge on any atom is 0.296 e. The van der Waals surface area contributed by atoms with E-state index in [1.54, 1.807) is 61.1 Å². The first-order valence-corrected chi connectivity index (χ1v) is 10.3. The zero-order valence-corrected chi connectivity index (χ0v) is 17.9. The van der Waals surface area contributed by atoms with E-state index in [1.807, 2.05) is 19.9 Å². The van der Waals surface area contributed by atoms with Gasteiger partial charge in [-0.25, -0.2) is 0 Å². The number of aliphatic hydroxyl groups is 1. The number of hydrogen-bond acceptors (Lipinski definition) is 6. The molecule has 0 saturated carbocycles. The fraction of sp³-hybridized carbons (Fsp3) is 0.200. The van der Waals surface area contributed by atoms with Gasteiger partial charge in [0.05, 0.1) is 17.9 Å². The van der Waals surface area contributed by atoms with Crippen molar-refractivity contribution in [2.24, 2.45) is 0 Å². The van der Waals surface area contributed by atoms with Crippen molar-refractivity contribution in [3.63, 3.8) is 0 Å². The van der Waals surface area contributed by atoms with Crippen LogP contribution in [0.3, 0.4) is 0 Å². The van der Waals surface area contributed by atoms with Crippen LogP contribution < -0.4 is 4.74 Å². The molecule has 0 bridgehead atoms. The van der Waals surface area contributed by atoms with Crippen LogP contribution in [0.5, 0.6) is 5.75 Å². The molecule has 1 atom stereocenters. The molecule has 1 aromatic carbocycles. The zero-order chi connectivity index (χ0) is 22.7. The normalized spacial score (nSPS) is 17.6. The summed E-state index contributed by atoms with van der Waals surface area (Å²) in [5.74, 6) is -0.969. The van der Waals surface area contributed by atoms with Crippen molar-refractivity contribution in [1.82, 2.24) is 14.9 Å². The van der Waals surface area contributed by atoms with Crippen LogP contribution in [0, 0.1) is 6.92 Å². The number of rotatable bonds is 6. The molecule has 1 fully saturated rings. The number of amides is 1. The quantitative estimate of drug-likeness (QED) is 0.364. The van der Waals surface area contributed by atoms with Gasteiger partial charge in [0.2, 0.25) is 0 Å². The number of carbonyl (C=O) groups is 2. The highest BCUT2D eigenvalue weighted by atomic mass is 16.5. The van der Waals surface area contributed by atoms with Gasteiger partial charge in [0.25, 0.3) is 11.7 Å². The predicted octanol–water partition coefficient (Wildman–Crippen LogP) is 3.81. The lowest BCUT2D eigenvalue weighted by Gasteiger charge is -2.24. The van der Waals surface area contributed by atoms with Gasteiger partial charge in [-0.1, -0.05) is 12.1 Å². The van der Waals surface area contributed by atoms with Crippen molar-refractivity contribution >= 4 is 17.4 Å². The van der Waals surface area contributed by atoms with E-state index in [4.69, 9.17) is 4.74 Å². The van der Waals surface area contributed by atoms with Crippen molar-refractivity contribution in [1.29, 1.82) is 0 Å². The molecular weight excluding hydrogens is 406 g/mol. The van der Waals surface area contributed by atoms with E-state index in [0.717, 1.165) is 11.1 Å². The molecule has 1 unspecified atom stereocenters. The molecule has 1 N–H and O–H groups in total. The average molecular weight is 429 g/mol. The molecule has 3 heterocycles. The standard InChI is InChI=1S/C25H23N3O4/c1-3-32-20-10-9-18(13-16(20)2)23(29)21-22(19-8-4-5-12-27-19)28(25(31)24(21)30)15-17-7-6-11-26-14-17/h4-14,22,29H,3,15H2,1-2H3/b23-21-. The number of carbonyl (C=O) groups excluding carboxylic acids is 2. The Morgan fingerprint density at radius 1 is 1.12 bits per heavy atom. The Hall–Kier alpha value is -4.00. The number of Topliss-reactive ketones (excluding diaryl/α,β-unsaturated/α-hetero) is 1. The van der Waals surface area contributed by atoms with Crippen LogP contribution in [0.2, 0.25) is 0 Å². The fourth-order valence-corrected chi connectivity index (χ4v) is 3.85. The van der Waals surface area contributed by atoms with Gasteiger partial charge in [0.15, 0.2) is 0 Å². The number of aryl methyl sites for hydroxylation is 1. The topological polar surface area (TPSA) is 92.6 Å². The molecule has 1 saturated heterocycles. The first-order valence-electron chi connectivity index (χ1n) is 10.3. The van der Waals surface area contributed by atoms with Crippen LogP contribution in [0.4, 0.5) is 0 Å². The summed E-state index contributed by atoms with van der Waals surface area (Å²) in [6.07, 6.45) is 4.88. The molecule has 0 spiro atoms. The van der Waals surface area contributed by atoms with Crippen molar-refractivity contribution in [3.8, 4) is 5.75 Å². The number of benzene rings is 1. The van der Waals surface area contributed by atoms with Gasteiger partial charge in [0, 0.05) is 30.7 Å². The summed E-state index contributed by atoms with van der Waals surface area (Å²) < 4.78 is 5.57. The van der Waals surface area contributed by atoms with Crippen LogP contribution in [0.25, 0.3) is 5.76 Å². The summed E-state index contributed by atoms with van der Waals surface area (Å²) in [5, 5.41) is 11.2. The van der Waals surface area contributed by atoms with Crippen molar-refractivity contribution in [2.45, 2.75) is 26.4 Å². The molecule has 7 nitrogen and oxygen atoms in total. The van der Waals surface area contributed by atoms with E-state index < -0.39 is 17.7 Å². The summed E-state index contributed by atoms with van der Waals surface area (Å²) in [5.41, 5.74) is 2.54. The molecule has 3 aromatic rings. The van der Waals surface area contributed by atoms with Gasteiger partial charge in [-0.2, -0.15) is 0 Å². The molecule has 2 aromatic heterocycles. The second kappa shape index (κ2) is 9.01. The SMILES string of the molecule is CCOc1ccc(/C(O)=C2/C(=O)C(=O)N(Cc3cccnc3)C2c2ccccn2)cc1C. The van der Waals surface area contributed by atoms with E-state index in [1.165, 1.54) is 4.90 Å². The summed E-state index contributed by atoms with van der Waals surface area (Å²) in [6.45, 7) is 4.44. The van der Waals surface area contributed by atoms with Crippen LogP contribution in [0.15, 0.2) is 72.7 Å². The molecule has 1 aliphatic rings. The van der Waals surface area contributed by atoms with E-state index in [9.17, 15) is 14.7 Å². The zero-order valence-electron chi connectivity index (χ0n) is 17.9. The number of aliphatic hydroxyl groups excluding tert-OH is 1. The van der Waals surface area contributed by atoms with Gasteiger partial charge in [-0.05, 0) is 61.4 Å². The number of pyridine rings is 2. The molecule has 0 aliphatic carbocycles. The number of nitrogens with zero attached hydrogens (tertiary/aromatic N) is 3. The van der Waals surface area contributed by atoms with Crippen LogP contribution >= 0.6 is 0 Å². The van der Waals surface area contributed by atoms with Gasteiger partial charge in [-0.15, -0.1) is 0 Å². The number of hydrogen-bond donors (Lipinski definition) is 1. The van der Waals surface area contributed by atoms with Gasteiger partial charge < -0.3 is 14.7 Å². The lowest BCUT2D eigenvalue weighted by molar-refractivity contribution is -0.140. The van der Waals surface area contributed by atoms with Crippen molar-refractivity contribution in [3.05, 3.63) is 95.1 Å². The fourth-order valence-electron chi connectivity index (χ4n) is 3.85. The number of likely N-dealkylation sites (tertiary alicyclic amines) is 1. The van der Waals surface area contributed by atoms with Crippen molar-refractivity contribution < 1.29 is 19.4 Å². The number of aromatic nitrogens is 2. The number of ketones is 1. The average Bonchev–Trinajstić information content (AvgIpc) is 3.06. The van der Waals surface area contributed by atoms with E-state index in [2.05, 4.69) is 9.97 Å². The number of ether oxygens (including phenoxy) is 1. The minimum atomic E-state index is -0.816. The molecule has 4 rings (SSSR count). The minimum absolute atomic E-state index is 0.0150. The lowest BCUT2D eigenvalue weighted by Crippen LogP contribution is -2.29. The highest BCUT2D eigenvalue weighted by Gasteiger charge is 2.46. The first-order chi connectivity index (χ1) is 15.5. The highest BCUT2D eigenvalue weighted by molar-refractivity contribution is 6.46. The highest BCUT2D eigenvalue weighted by Crippen LogP contribution is 2.39. The second-order valence-corrected chi connectivity index (χ2v) is 7.46. The largest absolute Gasteiger partial charge is 0.507 e. The lowest BCUT2D eigenvalue weighted by atomic mass is 9.97.